The molecule has 0 saturated carbocycles. The standard InChI is InChI=1S/C28H35F3N6O4S/c1-19-6-5-13-37(18-19)27-35-25(28(29,30)31)24(41-27)26(38)34-21-9-10-23(32-17-21)36-14-11-22(12-15-36)42(39,40)33-16-20-7-3-2-4-8-20/h2-4,7-10,17,19,22,24,27,33H,5-6,11-16,18H2,1H3,(H,34,38). The molecule has 228 valence electrons. The number of carbonyl (C=O) groups excluding carboxylic acids is 1. The van der Waals surface area contributed by atoms with Crippen molar-refractivity contribution in [2.24, 2.45) is 10.9 Å². The van der Waals surface area contributed by atoms with Gasteiger partial charge in [-0.25, -0.2) is 23.1 Å². The molecule has 1 aromatic carbocycles. The summed E-state index contributed by atoms with van der Waals surface area (Å²) in [7, 11) is -3.49. The first-order chi connectivity index (χ1) is 20.0. The van der Waals surface area contributed by atoms with Crippen molar-refractivity contribution in [3.63, 3.8) is 0 Å². The van der Waals surface area contributed by atoms with Gasteiger partial charge in [0.15, 0.2) is 11.8 Å². The lowest BCUT2D eigenvalue weighted by molar-refractivity contribution is -0.134. The second kappa shape index (κ2) is 12.7. The number of nitrogens with one attached hydrogen (secondary N) is 2. The second-order valence-corrected chi connectivity index (χ2v) is 13.1. The third-order valence-corrected chi connectivity index (χ3v) is 9.72. The van der Waals surface area contributed by atoms with Crippen molar-refractivity contribution in [1.29, 1.82) is 0 Å². The number of piperidine rings is 2. The van der Waals surface area contributed by atoms with E-state index in [9.17, 15) is 26.4 Å². The number of anilines is 2. The Kier molecular flexibility index (Phi) is 9.16. The van der Waals surface area contributed by atoms with Crippen molar-refractivity contribution < 1.29 is 31.1 Å². The molecule has 0 bridgehead atoms. The van der Waals surface area contributed by atoms with Crippen molar-refractivity contribution in [1.82, 2.24) is 14.6 Å². The molecular formula is C28H35F3N6O4S. The zero-order chi connectivity index (χ0) is 29.9. The lowest BCUT2D eigenvalue weighted by atomic mass is 10.0. The predicted molar refractivity (Wildman–Crippen MR) is 152 cm³/mol. The molecule has 3 atom stereocenters. The monoisotopic (exact) mass is 608 g/mol. The Hall–Kier alpha value is -3.07. The van der Waals surface area contributed by atoms with Crippen LogP contribution in [0, 0.1) is 5.92 Å². The molecule has 3 aliphatic heterocycles. The first kappa shape index (κ1) is 30.4. The summed E-state index contributed by atoms with van der Waals surface area (Å²) in [6, 6.07) is 12.5. The summed E-state index contributed by atoms with van der Waals surface area (Å²) < 4.78 is 75.0. The Bertz CT molecular complexity index is 1370. The number of aliphatic imine (C=N–C) groups is 1. The number of alkyl halides is 3. The molecule has 10 nitrogen and oxygen atoms in total. The molecule has 0 radical (unpaired) electrons. The molecule has 0 spiro atoms. The van der Waals surface area contributed by atoms with Gasteiger partial charge in [0.1, 0.15) is 5.82 Å². The topological polar surface area (TPSA) is 116 Å². The molecule has 14 heteroatoms. The number of rotatable bonds is 8. The van der Waals surface area contributed by atoms with E-state index in [2.05, 4.69) is 20.0 Å². The number of pyridine rings is 1. The molecule has 4 heterocycles. The van der Waals surface area contributed by atoms with Crippen LogP contribution >= 0.6 is 0 Å². The molecule has 2 N–H and O–H groups in total. The van der Waals surface area contributed by atoms with Crippen LogP contribution in [0.2, 0.25) is 0 Å². The molecule has 1 amide bonds. The van der Waals surface area contributed by atoms with Gasteiger partial charge < -0.3 is 15.0 Å². The van der Waals surface area contributed by atoms with Gasteiger partial charge in [0, 0.05) is 32.7 Å². The number of ether oxygens (including phenoxy) is 1. The summed E-state index contributed by atoms with van der Waals surface area (Å²) in [5.41, 5.74) is -0.150. The van der Waals surface area contributed by atoms with Gasteiger partial charge in [0.2, 0.25) is 16.4 Å². The van der Waals surface area contributed by atoms with E-state index < -0.39 is 45.5 Å². The van der Waals surface area contributed by atoms with E-state index in [4.69, 9.17) is 4.74 Å². The molecule has 0 aliphatic carbocycles. The van der Waals surface area contributed by atoms with E-state index in [0.29, 0.717) is 50.8 Å². The first-order valence-electron chi connectivity index (χ1n) is 14.1. The van der Waals surface area contributed by atoms with Crippen molar-refractivity contribution >= 4 is 33.1 Å². The fourth-order valence-corrected chi connectivity index (χ4v) is 6.99. The number of hydrogen-bond acceptors (Lipinski definition) is 8. The maximum atomic E-state index is 13.7. The van der Waals surface area contributed by atoms with Gasteiger partial charge in [-0.2, -0.15) is 13.2 Å². The van der Waals surface area contributed by atoms with Crippen LogP contribution < -0.4 is 14.9 Å². The molecule has 2 fully saturated rings. The zero-order valence-electron chi connectivity index (χ0n) is 23.3. The largest absolute Gasteiger partial charge is 0.432 e. The van der Waals surface area contributed by atoms with E-state index in [1.807, 2.05) is 42.2 Å². The molecule has 1 aromatic heterocycles. The highest BCUT2D eigenvalue weighted by molar-refractivity contribution is 7.90. The third-order valence-electron chi connectivity index (χ3n) is 7.83. The van der Waals surface area contributed by atoms with Crippen molar-refractivity contribution in [3.8, 4) is 0 Å². The van der Waals surface area contributed by atoms with Crippen LogP contribution in [0.15, 0.2) is 53.7 Å². The SMILES string of the molecule is CC1CCCN(C2N=C(C(F)(F)F)C(C(=O)Nc3ccc(N4CCC(S(=O)(=O)NCc5ccccc5)CC4)nc3)O2)C1. The maximum absolute atomic E-state index is 13.7. The van der Waals surface area contributed by atoms with E-state index in [0.717, 1.165) is 18.4 Å². The first-order valence-corrected chi connectivity index (χ1v) is 15.6. The second-order valence-electron chi connectivity index (χ2n) is 11.0. The minimum absolute atomic E-state index is 0.214. The number of carbonyl (C=O) groups is 1. The van der Waals surface area contributed by atoms with Gasteiger partial charge in [0.25, 0.3) is 5.91 Å². The maximum Gasteiger partial charge on any atom is 0.432 e. The molecular weight excluding hydrogens is 573 g/mol. The fraction of sp³-hybridized carbons (Fsp3) is 0.536. The molecule has 3 aliphatic rings. The van der Waals surface area contributed by atoms with Gasteiger partial charge >= 0.3 is 6.18 Å². The van der Waals surface area contributed by atoms with E-state index >= 15 is 0 Å². The van der Waals surface area contributed by atoms with Gasteiger partial charge in [-0.05, 0) is 49.3 Å². The highest BCUT2D eigenvalue weighted by Crippen LogP contribution is 2.31. The average Bonchev–Trinajstić information content (AvgIpc) is 3.44. The van der Waals surface area contributed by atoms with Crippen molar-refractivity contribution in [2.45, 2.75) is 63.0 Å². The molecule has 3 unspecified atom stereocenters. The van der Waals surface area contributed by atoms with E-state index in [-0.39, 0.29) is 12.2 Å². The van der Waals surface area contributed by atoms with Crippen LogP contribution in [-0.2, 0) is 26.1 Å². The highest BCUT2D eigenvalue weighted by Gasteiger charge is 2.50. The van der Waals surface area contributed by atoms with Crippen LogP contribution in [0.5, 0.6) is 0 Å². The lowest BCUT2D eigenvalue weighted by Gasteiger charge is -2.33. The Morgan fingerprint density at radius 2 is 1.81 bits per heavy atom. The summed E-state index contributed by atoms with van der Waals surface area (Å²) in [6.45, 7) is 4.29. The molecule has 5 rings (SSSR count). The Balaban J connectivity index is 1.15. The number of hydrogen-bond donors (Lipinski definition) is 2. The minimum atomic E-state index is -4.81. The zero-order valence-corrected chi connectivity index (χ0v) is 24.1. The normalized spacial score (nSPS) is 24.4. The summed E-state index contributed by atoms with van der Waals surface area (Å²) >= 11 is 0. The molecule has 2 saturated heterocycles. The Labute approximate surface area is 243 Å². The average molecular weight is 609 g/mol. The van der Waals surface area contributed by atoms with Crippen molar-refractivity contribution in [2.75, 3.05) is 36.4 Å². The Morgan fingerprint density at radius 1 is 1.07 bits per heavy atom. The quantitative estimate of drug-likeness (QED) is 0.471. The number of sulfonamides is 1. The number of nitrogens with zero attached hydrogens (tertiary/aromatic N) is 4. The minimum Gasteiger partial charge on any atom is -0.357 e. The summed E-state index contributed by atoms with van der Waals surface area (Å²) in [5.74, 6) is -0.0897. The smallest absolute Gasteiger partial charge is 0.357 e. The van der Waals surface area contributed by atoms with Gasteiger partial charge in [-0.1, -0.05) is 37.3 Å². The predicted octanol–water partition coefficient (Wildman–Crippen LogP) is 3.53. The third kappa shape index (κ3) is 7.28. The van der Waals surface area contributed by atoms with Gasteiger partial charge in [-0.3, -0.25) is 9.69 Å². The van der Waals surface area contributed by atoms with Gasteiger partial charge in [0.05, 0.1) is 17.1 Å². The number of amides is 1. The van der Waals surface area contributed by atoms with Crippen LogP contribution in [0.1, 0.15) is 38.2 Å². The summed E-state index contributed by atoms with van der Waals surface area (Å²) in [6.07, 6.45) is -3.85. The van der Waals surface area contributed by atoms with Crippen molar-refractivity contribution in [3.05, 3.63) is 54.2 Å². The Morgan fingerprint density at radius 3 is 2.45 bits per heavy atom. The summed E-state index contributed by atoms with van der Waals surface area (Å²) in [4.78, 5) is 24.7. The number of halogens is 3. The summed E-state index contributed by atoms with van der Waals surface area (Å²) in [5, 5.41) is 1.95. The highest BCUT2D eigenvalue weighted by atomic mass is 32.2. The fourth-order valence-electron chi connectivity index (χ4n) is 5.55. The van der Waals surface area contributed by atoms with Crippen LogP contribution in [-0.4, -0.2) is 80.0 Å². The molecule has 2 aromatic rings. The van der Waals surface area contributed by atoms with Crippen LogP contribution in [0.3, 0.4) is 0 Å². The van der Waals surface area contributed by atoms with E-state index in [1.165, 1.54) is 6.20 Å². The van der Waals surface area contributed by atoms with Crippen LogP contribution in [0.25, 0.3) is 0 Å². The number of benzene rings is 1. The van der Waals surface area contributed by atoms with E-state index in [1.54, 1.807) is 17.0 Å². The number of likely N-dealkylation sites (tertiary alicyclic amines) is 1. The number of aromatic nitrogens is 1. The van der Waals surface area contributed by atoms with Gasteiger partial charge in [-0.15, -0.1) is 0 Å². The van der Waals surface area contributed by atoms with Crippen LogP contribution in [0.4, 0.5) is 24.7 Å². The molecule has 42 heavy (non-hydrogen) atoms. The lowest BCUT2D eigenvalue weighted by Crippen LogP contribution is -2.44.